The van der Waals surface area contributed by atoms with Gasteiger partial charge in [0.15, 0.2) is 0 Å². The number of halogens is 2. The van der Waals surface area contributed by atoms with Crippen molar-refractivity contribution in [1.82, 2.24) is 9.97 Å². The molecule has 0 atom stereocenters. The second-order valence-electron chi connectivity index (χ2n) is 7.48. The Morgan fingerprint density at radius 1 is 1.07 bits per heavy atom. The molecule has 0 aliphatic rings. The van der Waals surface area contributed by atoms with Gasteiger partial charge in [-0.25, -0.2) is 8.42 Å². The van der Waals surface area contributed by atoms with Gasteiger partial charge in [-0.2, -0.15) is 0 Å². The van der Waals surface area contributed by atoms with Crippen LogP contribution in [0.4, 0.5) is 10.1 Å². The molecule has 152 valence electrons. The Kier molecular flexibility index (Phi) is 5.91. The molecule has 2 heterocycles. The molecule has 0 spiro atoms. The number of nitrogens with one attached hydrogen (secondary N) is 1. The fourth-order valence-corrected chi connectivity index (χ4v) is 3.67. The summed E-state index contributed by atoms with van der Waals surface area (Å²) in [5, 5.41) is 0.395. The van der Waals surface area contributed by atoms with Crippen LogP contribution in [0.25, 0.3) is 22.3 Å². The smallest absolute Gasteiger partial charge is 0.229 e. The molecule has 3 rings (SSSR count). The van der Waals surface area contributed by atoms with Crippen LogP contribution in [0.2, 0.25) is 5.02 Å². The highest BCUT2D eigenvalue weighted by molar-refractivity contribution is 7.92. The molecule has 0 bridgehead atoms. The Labute approximate surface area is 175 Å². The third-order valence-electron chi connectivity index (χ3n) is 4.44. The molecule has 2 aromatic heterocycles. The lowest BCUT2D eigenvalue weighted by Crippen LogP contribution is -2.21. The average molecular weight is 434 g/mol. The van der Waals surface area contributed by atoms with Crippen LogP contribution in [0.1, 0.15) is 19.5 Å². The number of rotatable bonds is 6. The van der Waals surface area contributed by atoms with E-state index >= 15 is 0 Å². The first-order valence-corrected chi connectivity index (χ1v) is 11.1. The lowest BCUT2D eigenvalue weighted by Gasteiger charge is -2.20. The van der Waals surface area contributed by atoms with Crippen molar-refractivity contribution in [2.45, 2.75) is 19.3 Å². The van der Waals surface area contributed by atoms with Crippen molar-refractivity contribution in [3.8, 4) is 22.3 Å². The van der Waals surface area contributed by atoms with E-state index < -0.39 is 22.1 Å². The maximum atomic E-state index is 13.3. The number of anilines is 1. The molecule has 3 aromatic rings. The molecule has 5 nitrogen and oxygen atoms in total. The fraction of sp³-hybridized carbons (Fsp3) is 0.238. The number of nitrogens with zero attached hydrogens (tertiary/aromatic N) is 2. The number of benzene rings is 1. The molecule has 0 radical (unpaired) electrons. The van der Waals surface area contributed by atoms with E-state index in [0.29, 0.717) is 16.4 Å². The quantitative estimate of drug-likeness (QED) is 0.588. The van der Waals surface area contributed by atoms with Crippen LogP contribution in [-0.4, -0.2) is 31.3 Å². The zero-order chi connectivity index (χ0) is 21.2. The lowest BCUT2D eigenvalue weighted by atomic mass is 9.89. The van der Waals surface area contributed by atoms with E-state index in [-0.39, 0.29) is 0 Å². The Morgan fingerprint density at radius 2 is 1.79 bits per heavy atom. The summed E-state index contributed by atoms with van der Waals surface area (Å²) in [4.78, 5) is 8.61. The van der Waals surface area contributed by atoms with Gasteiger partial charge in [0.25, 0.3) is 0 Å². The molecule has 0 aliphatic carbocycles. The number of pyridine rings is 2. The molecule has 0 fully saturated rings. The van der Waals surface area contributed by atoms with Gasteiger partial charge in [0, 0.05) is 52.1 Å². The first kappa shape index (κ1) is 21.2. The summed E-state index contributed by atoms with van der Waals surface area (Å²) in [6, 6.07) is 10.6. The number of alkyl halides is 1. The highest BCUT2D eigenvalue weighted by Gasteiger charge is 2.22. The summed E-state index contributed by atoms with van der Waals surface area (Å²) in [7, 11) is -3.39. The summed E-state index contributed by atoms with van der Waals surface area (Å²) >= 11 is 6.38. The van der Waals surface area contributed by atoms with E-state index in [1.807, 2.05) is 18.2 Å². The van der Waals surface area contributed by atoms with Crippen molar-refractivity contribution in [2.24, 2.45) is 0 Å². The van der Waals surface area contributed by atoms with Gasteiger partial charge in [0.2, 0.25) is 10.0 Å². The topological polar surface area (TPSA) is 72.0 Å². The van der Waals surface area contributed by atoms with Gasteiger partial charge in [-0.1, -0.05) is 31.5 Å². The Balaban J connectivity index is 1.98. The molecule has 0 aliphatic heterocycles. The molecule has 8 heteroatoms. The van der Waals surface area contributed by atoms with E-state index in [4.69, 9.17) is 11.6 Å². The number of aromatic nitrogens is 2. The fourth-order valence-electron chi connectivity index (χ4n) is 2.82. The highest BCUT2D eigenvalue weighted by Crippen LogP contribution is 2.33. The third kappa shape index (κ3) is 5.10. The zero-order valence-electron chi connectivity index (χ0n) is 16.3. The first-order valence-electron chi connectivity index (χ1n) is 8.85. The molecule has 0 saturated heterocycles. The van der Waals surface area contributed by atoms with Crippen LogP contribution in [0.5, 0.6) is 0 Å². The van der Waals surface area contributed by atoms with Crippen LogP contribution in [0.15, 0.2) is 55.0 Å². The Hall–Kier alpha value is -2.51. The second-order valence-corrected chi connectivity index (χ2v) is 9.63. The lowest BCUT2D eigenvalue weighted by molar-refractivity contribution is 0.344. The maximum Gasteiger partial charge on any atom is 0.229 e. The van der Waals surface area contributed by atoms with E-state index in [2.05, 4.69) is 14.7 Å². The summed E-state index contributed by atoms with van der Waals surface area (Å²) in [5.74, 6) is 0. The maximum absolute atomic E-state index is 13.3. The summed E-state index contributed by atoms with van der Waals surface area (Å²) in [5.41, 5.74) is 3.59. The monoisotopic (exact) mass is 433 g/mol. The van der Waals surface area contributed by atoms with Crippen LogP contribution < -0.4 is 4.72 Å². The van der Waals surface area contributed by atoms with Crippen LogP contribution in [0.3, 0.4) is 0 Å². The highest BCUT2D eigenvalue weighted by atomic mass is 35.5. The molecule has 0 unspecified atom stereocenters. The first-order chi connectivity index (χ1) is 13.6. The van der Waals surface area contributed by atoms with Gasteiger partial charge in [-0.3, -0.25) is 19.1 Å². The molecular weight excluding hydrogens is 413 g/mol. The normalized spacial score (nSPS) is 12.0. The standard InChI is InChI=1S/C21H21ClFN3O2S/c1-21(2,13-23)20-9-14(6-7-25-20)15-8-16(12-24-11-15)18-5-4-17(10-19(18)22)26-29(3,27)28/h4-12,26H,13H2,1-3H3. The number of hydrogen-bond acceptors (Lipinski definition) is 4. The van der Waals surface area contributed by atoms with E-state index in [1.54, 1.807) is 50.6 Å². The number of hydrogen-bond donors (Lipinski definition) is 1. The van der Waals surface area contributed by atoms with Crippen LogP contribution in [-0.2, 0) is 15.4 Å². The molecule has 1 aromatic carbocycles. The largest absolute Gasteiger partial charge is 0.284 e. The zero-order valence-corrected chi connectivity index (χ0v) is 17.9. The minimum atomic E-state index is -3.39. The predicted molar refractivity (Wildman–Crippen MR) is 115 cm³/mol. The molecule has 0 amide bonds. The van der Waals surface area contributed by atoms with Crippen molar-refractivity contribution in [2.75, 3.05) is 17.7 Å². The van der Waals surface area contributed by atoms with Crippen molar-refractivity contribution >= 4 is 27.3 Å². The van der Waals surface area contributed by atoms with Gasteiger partial charge < -0.3 is 0 Å². The van der Waals surface area contributed by atoms with Crippen molar-refractivity contribution in [3.63, 3.8) is 0 Å². The second kappa shape index (κ2) is 8.08. The van der Waals surface area contributed by atoms with Crippen molar-refractivity contribution < 1.29 is 12.8 Å². The summed E-state index contributed by atoms with van der Waals surface area (Å²) < 4.78 is 38.5. The predicted octanol–water partition coefficient (Wildman–Crippen LogP) is 5.08. The third-order valence-corrected chi connectivity index (χ3v) is 5.36. The van der Waals surface area contributed by atoms with Gasteiger partial charge in [-0.15, -0.1) is 0 Å². The summed E-state index contributed by atoms with van der Waals surface area (Å²) in [6.45, 7) is 3.10. The SMILES string of the molecule is CC(C)(CF)c1cc(-c2cncc(-c3ccc(NS(C)(=O)=O)cc3Cl)c2)ccn1. The molecule has 0 saturated carbocycles. The van der Waals surface area contributed by atoms with Crippen LogP contribution in [0, 0.1) is 0 Å². The van der Waals surface area contributed by atoms with E-state index in [1.165, 1.54) is 0 Å². The van der Waals surface area contributed by atoms with Gasteiger partial charge in [-0.05, 0) is 35.9 Å². The van der Waals surface area contributed by atoms with Gasteiger partial charge in [0.1, 0.15) is 6.67 Å². The molecular formula is C21H21ClFN3O2S. The van der Waals surface area contributed by atoms with Crippen molar-refractivity contribution in [3.05, 3.63) is 65.7 Å². The van der Waals surface area contributed by atoms with Gasteiger partial charge >= 0.3 is 0 Å². The minimum absolute atomic E-state index is 0.387. The Morgan fingerprint density at radius 3 is 2.45 bits per heavy atom. The molecule has 29 heavy (non-hydrogen) atoms. The van der Waals surface area contributed by atoms with Gasteiger partial charge in [0.05, 0.1) is 11.3 Å². The van der Waals surface area contributed by atoms with Crippen LogP contribution >= 0.6 is 11.6 Å². The summed E-state index contributed by atoms with van der Waals surface area (Å²) in [6.07, 6.45) is 6.14. The number of sulfonamides is 1. The Bertz CT molecular complexity index is 1150. The minimum Gasteiger partial charge on any atom is -0.284 e. The average Bonchev–Trinajstić information content (AvgIpc) is 2.67. The molecule has 1 N–H and O–H groups in total. The van der Waals surface area contributed by atoms with Crippen molar-refractivity contribution in [1.29, 1.82) is 0 Å². The van der Waals surface area contributed by atoms with E-state index in [0.717, 1.165) is 28.5 Å². The van der Waals surface area contributed by atoms with E-state index in [9.17, 15) is 12.8 Å².